The lowest BCUT2D eigenvalue weighted by Crippen LogP contribution is -2.41. The highest BCUT2D eigenvalue weighted by Gasteiger charge is 2.28. The number of amides is 2. The van der Waals surface area contributed by atoms with Gasteiger partial charge in [-0.05, 0) is 50.1 Å². The van der Waals surface area contributed by atoms with Gasteiger partial charge in [0.2, 0.25) is 5.91 Å². The minimum atomic E-state index is -0.121. The number of hydrogen-bond acceptors (Lipinski definition) is 2. The number of carbonyl (C=O) groups is 2. The number of halogens is 2. The fourth-order valence-electron chi connectivity index (χ4n) is 3.06. The predicted octanol–water partition coefficient (Wildman–Crippen LogP) is 4.79. The van der Waals surface area contributed by atoms with Crippen LogP contribution in [0.2, 0.25) is 10.0 Å². The van der Waals surface area contributed by atoms with Crippen molar-refractivity contribution >= 4 is 40.7 Å². The summed E-state index contributed by atoms with van der Waals surface area (Å²) in [5, 5.41) is 3.80. The molecule has 2 aromatic carbocycles. The monoisotopic (exact) mass is 390 g/mol. The van der Waals surface area contributed by atoms with Crippen LogP contribution < -0.4 is 5.32 Å². The molecule has 0 spiro atoms. The lowest BCUT2D eigenvalue weighted by Gasteiger charge is -2.31. The maximum atomic E-state index is 12.6. The Morgan fingerprint density at radius 3 is 2.31 bits per heavy atom. The molecule has 1 saturated heterocycles. The van der Waals surface area contributed by atoms with Crippen LogP contribution in [0.5, 0.6) is 0 Å². The Bertz CT molecular complexity index is 813. The number of piperidine rings is 1. The second kappa shape index (κ2) is 8.11. The number of hydrogen-bond donors (Lipinski definition) is 1. The summed E-state index contributed by atoms with van der Waals surface area (Å²) in [6.45, 7) is 3.07. The van der Waals surface area contributed by atoms with Gasteiger partial charge in [-0.3, -0.25) is 9.59 Å². The Balaban J connectivity index is 1.57. The van der Waals surface area contributed by atoms with E-state index in [4.69, 9.17) is 23.2 Å². The molecule has 4 nitrogen and oxygen atoms in total. The first-order valence-corrected chi connectivity index (χ1v) is 9.31. The third kappa shape index (κ3) is 4.37. The number of nitrogens with zero attached hydrogens (tertiary/aromatic N) is 1. The highest BCUT2D eigenvalue weighted by atomic mass is 35.5. The van der Waals surface area contributed by atoms with Crippen molar-refractivity contribution in [3.63, 3.8) is 0 Å². The van der Waals surface area contributed by atoms with Gasteiger partial charge in [0.1, 0.15) is 0 Å². The van der Waals surface area contributed by atoms with Gasteiger partial charge in [-0.15, -0.1) is 0 Å². The van der Waals surface area contributed by atoms with Crippen LogP contribution in [0.15, 0.2) is 42.5 Å². The standard InChI is InChI=1S/C20H20Cl2N2O2/c1-13-2-5-16(6-3-13)23-19(25)14-8-10-24(11-9-14)20(26)17-7-4-15(21)12-18(17)22/h2-7,12,14H,8-11H2,1H3,(H,23,25). The molecule has 0 bridgehead atoms. The summed E-state index contributed by atoms with van der Waals surface area (Å²) in [5.74, 6) is -0.212. The fraction of sp³-hybridized carbons (Fsp3) is 0.300. The van der Waals surface area contributed by atoms with Crippen LogP contribution in [0, 0.1) is 12.8 Å². The van der Waals surface area contributed by atoms with Crippen LogP contribution in [-0.2, 0) is 4.79 Å². The topological polar surface area (TPSA) is 49.4 Å². The molecule has 0 unspecified atom stereocenters. The zero-order valence-corrected chi connectivity index (χ0v) is 16.0. The van der Waals surface area contributed by atoms with Crippen molar-refractivity contribution in [1.29, 1.82) is 0 Å². The molecule has 0 radical (unpaired) electrons. The van der Waals surface area contributed by atoms with Crippen molar-refractivity contribution in [3.8, 4) is 0 Å². The second-order valence-electron chi connectivity index (χ2n) is 6.55. The van der Waals surface area contributed by atoms with Crippen LogP contribution in [0.4, 0.5) is 5.69 Å². The molecular weight excluding hydrogens is 371 g/mol. The summed E-state index contributed by atoms with van der Waals surface area (Å²) in [5.41, 5.74) is 2.39. The van der Waals surface area contributed by atoms with E-state index in [9.17, 15) is 9.59 Å². The van der Waals surface area contributed by atoms with Crippen LogP contribution in [0.1, 0.15) is 28.8 Å². The zero-order valence-electron chi connectivity index (χ0n) is 14.5. The Morgan fingerprint density at radius 1 is 1.04 bits per heavy atom. The molecular formula is C20H20Cl2N2O2. The van der Waals surface area contributed by atoms with E-state index in [0.29, 0.717) is 41.5 Å². The number of nitrogens with one attached hydrogen (secondary N) is 1. The summed E-state index contributed by atoms with van der Waals surface area (Å²) in [6, 6.07) is 12.6. The molecule has 0 aromatic heterocycles. The molecule has 1 aliphatic heterocycles. The van der Waals surface area contributed by atoms with Gasteiger partial charge >= 0.3 is 0 Å². The Kier molecular flexibility index (Phi) is 5.84. The van der Waals surface area contributed by atoms with Crippen molar-refractivity contribution in [3.05, 3.63) is 63.6 Å². The van der Waals surface area contributed by atoms with E-state index in [-0.39, 0.29) is 17.7 Å². The predicted molar refractivity (Wildman–Crippen MR) is 105 cm³/mol. The van der Waals surface area contributed by atoms with E-state index in [2.05, 4.69) is 5.32 Å². The normalized spacial score (nSPS) is 15.0. The van der Waals surface area contributed by atoms with Crippen LogP contribution in [-0.4, -0.2) is 29.8 Å². The lowest BCUT2D eigenvalue weighted by atomic mass is 9.95. The summed E-state index contributed by atoms with van der Waals surface area (Å²) in [6.07, 6.45) is 1.27. The molecule has 6 heteroatoms. The first-order valence-electron chi connectivity index (χ1n) is 8.56. The van der Waals surface area contributed by atoms with Crippen LogP contribution in [0.25, 0.3) is 0 Å². The third-order valence-corrected chi connectivity index (χ3v) is 5.18. The molecule has 26 heavy (non-hydrogen) atoms. The maximum absolute atomic E-state index is 12.6. The van der Waals surface area contributed by atoms with Gasteiger partial charge in [-0.2, -0.15) is 0 Å². The molecule has 1 fully saturated rings. The molecule has 136 valence electrons. The van der Waals surface area contributed by atoms with Crippen LogP contribution in [0.3, 0.4) is 0 Å². The van der Waals surface area contributed by atoms with Gasteiger partial charge in [-0.1, -0.05) is 40.9 Å². The average Bonchev–Trinajstić information content (AvgIpc) is 2.63. The van der Waals surface area contributed by atoms with Gasteiger partial charge in [0.05, 0.1) is 10.6 Å². The number of benzene rings is 2. The van der Waals surface area contributed by atoms with Crippen molar-refractivity contribution < 1.29 is 9.59 Å². The largest absolute Gasteiger partial charge is 0.339 e. The van der Waals surface area contributed by atoms with Gasteiger partial charge in [0, 0.05) is 29.7 Å². The summed E-state index contributed by atoms with van der Waals surface area (Å²) in [4.78, 5) is 26.8. The molecule has 2 amide bonds. The zero-order chi connectivity index (χ0) is 18.7. The SMILES string of the molecule is Cc1ccc(NC(=O)C2CCN(C(=O)c3ccc(Cl)cc3Cl)CC2)cc1. The Hall–Kier alpha value is -2.04. The van der Waals surface area contributed by atoms with Crippen molar-refractivity contribution in [2.45, 2.75) is 19.8 Å². The van der Waals surface area contributed by atoms with E-state index >= 15 is 0 Å². The summed E-state index contributed by atoms with van der Waals surface area (Å²) in [7, 11) is 0. The quantitative estimate of drug-likeness (QED) is 0.818. The fourth-order valence-corrected chi connectivity index (χ4v) is 3.55. The average molecular weight is 391 g/mol. The molecule has 0 atom stereocenters. The number of carbonyl (C=O) groups excluding carboxylic acids is 2. The molecule has 0 saturated carbocycles. The van der Waals surface area contributed by atoms with Gasteiger partial charge in [0.25, 0.3) is 5.91 Å². The molecule has 0 aliphatic carbocycles. The van der Waals surface area contributed by atoms with E-state index < -0.39 is 0 Å². The molecule has 1 aliphatic rings. The van der Waals surface area contributed by atoms with Gasteiger partial charge in [0.15, 0.2) is 0 Å². The summed E-state index contributed by atoms with van der Waals surface area (Å²) >= 11 is 12.0. The first-order chi connectivity index (χ1) is 12.4. The van der Waals surface area contributed by atoms with E-state index in [1.165, 1.54) is 0 Å². The van der Waals surface area contributed by atoms with E-state index in [1.54, 1.807) is 23.1 Å². The van der Waals surface area contributed by atoms with Crippen molar-refractivity contribution in [1.82, 2.24) is 4.90 Å². The maximum Gasteiger partial charge on any atom is 0.255 e. The van der Waals surface area contributed by atoms with E-state index in [1.807, 2.05) is 31.2 Å². The Labute approximate surface area is 163 Å². The summed E-state index contributed by atoms with van der Waals surface area (Å²) < 4.78 is 0. The lowest BCUT2D eigenvalue weighted by molar-refractivity contribution is -0.121. The third-order valence-electron chi connectivity index (χ3n) is 4.63. The second-order valence-corrected chi connectivity index (χ2v) is 7.39. The molecule has 1 heterocycles. The molecule has 3 rings (SSSR count). The first kappa shape index (κ1) is 18.7. The number of anilines is 1. The van der Waals surface area contributed by atoms with Crippen molar-refractivity contribution in [2.75, 3.05) is 18.4 Å². The number of aryl methyl sites for hydroxylation is 1. The smallest absolute Gasteiger partial charge is 0.255 e. The highest BCUT2D eigenvalue weighted by molar-refractivity contribution is 6.36. The minimum absolute atomic E-state index is 0.00507. The highest BCUT2D eigenvalue weighted by Crippen LogP contribution is 2.25. The van der Waals surface area contributed by atoms with E-state index in [0.717, 1.165) is 11.3 Å². The minimum Gasteiger partial charge on any atom is -0.339 e. The number of likely N-dealkylation sites (tertiary alicyclic amines) is 1. The molecule has 2 aromatic rings. The van der Waals surface area contributed by atoms with Crippen molar-refractivity contribution in [2.24, 2.45) is 5.92 Å². The molecule has 1 N–H and O–H groups in total. The Morgan fingerprint density at radius 2 is 1.69 bits per heavy atom. The number of rotatable bonds is 3. The van der Waals surface area contributed by atoms with Gasteiger partial charge in [-0.25, -0.2) is 0 Å². The van der Waals surface area contributed by atoms with Crippen LogP contribution >= 0.6 is 23.2 Å². The van der Waals surface area contributed by atoms with Gasteiger partial charge < -0.3 is 10.2 Å².